The van der Waals surface area contributed by atoms with Gasteiger partial charge in [-0.1, -0.05) is 42.5 Å². The number of methoxy groups -OCH3 is 3. The number of hydrogen-bond donors (Lipinski definition) is 1. The molecule has 4 aromatic rings. The third kappa shape index (κ3) is 6.32. The highest BCUT2D eigenvalue weighted by Crippen LogP contribution is 2.34. The Morgan fingerprint density at radius 1 is 0.844 bits per heavy atom. The molecule has 0 saturated heterocycles. The minimum Gasteiger partial charge on any atom is -0.497 e. The van der Waals surface area contributed by atoms with Crippen LogP contribution in [0.4, 0.5) is 15.8 Å². The summed E-state index contributed by atoms with van der Waals surface area (Å²) in [5, 5.41) is 2.83. The standard InChI is InChI=1S/C34H30FN3O7/c1-43-23-11-8-10-21(17-23)31(33(41)36-27-16-15-24(44-2)18-29(27)45-3)38(19-22-9-4-6-13-26(22)35)30(39)20-37-28-14-7-5-12-25(28)32(40)34(37)42/h4-18,31H,19-20H2,1-3H3,(H,36,41). The summed E-state index contributed by atoms with van der Waals surface area (Å²) in [6, 6.07) is 22.3. The normalized spacial score (nSPS) is 12.8. The van der Waals surface area contributed by atoms with E-state index in [0.29, 0.717) is 28.5 Å². The molecule has 0 spiro atoms. The fourth-order valence-corrected chi connectivity index (χ4v) is 5.15. The topological polar surface area (TPSA) is 114 Å². The van der Waals surface area contributed by atoms with Crippen molar-refractivity contribution in [3.63, 3.8) is 0 Å². The van der Waals surface area contributed by atoms with E-state index in [4.69, 9.17) is 14.2 Å². The molecule has 0 fully saturated rings. The van der Waals surface area contributed by atoms with E-state index in [1.807, 2.05) is 0 Å². The average Bonchev–Trinajstić information content (AvgIpc) is 3.30. The van der Waals surface area contributed by atoms with Gasteiger partial charge < -0.3 is 24.4 Å². The predicted molar refractivity (Wildman–Crippen MR) is 164 cm³/mol. The summed E-state index contributed by atoms with van der Waals surface area (Å²) >= 11 is 0. The summed E-state index contributed by atoms with van der Waals surface area (Å²) < 4.78 is 31.1. The molecule has 0 aromatic heterocycles. The van der Waals surface area contributed by atoms with Crippen molar-refractivity contribution in [3.05, 3.63) is 114 Å². The van der Waals surface area contributed by atoms with Crippen LogP contribution in [0.5, 0.6) is 17.2 Å². The number of nitrogens with zero attached hydrogens (tertiary/aromatic N) is 2. The van der Waals surface area contributed by atoms with Gasteiger partial charge in [-0.25, -0.2) is 4.39 Å². The summed E-state index contributed by atoms with van der Waals surface area (Å²) in [5.74, 6) is -2.35. The van der Waals surface area contributed by atoms with Crippen molar-refractivity contribution in [2.24, 2.45) is 0 Å². The van der Waals surface area contributed by atoms with E-state index in [0.717, 1.165) is 4.90 Å². The van der Waals surface area contributed by atoms with Crippen LogP contribution in [0, 0.1) is 5.82 Å². The number of amides is 3. The lowest BCUT2D eigenvalue weighted by Crippen LogP contribution is -2.46. The quantitative estimate of drug-likeness (QED) is 0.243. The highest BCUT2D eigenvalue weighted by atomic mass is 19.1. The van der Waals surface area contributed by atoms with Crippen LogP contribution in [0.15, 0.2) is 91.0 Å². The first-order chi connectivity index (χ1) is 21.7. The van der Waals surface area contributed by atoms with E-state index in [-0.39, 0.29) is 23.4 Å². The van der Waals surface area contributed by atoms with Gasteiger partial charge in [0.15, 0.2) is 0 Å². The van der Waals surface area contributed by atoms with E-state index in [1.165, 1.54) is 50.5 Å². The van der Waals surface area contributed by atoms with Crippen molar-refractivity contribution in [1.29, 1.82) is 0 Å². The van der Waals surface area contributed by atoms with Crippen molar-refractivity contribution >= 4 is 34.9 Å². The molecule has 5 rings (SSSR count). The van der Waals surface area contributed by atoms with Gasteiger partial charge in [-0.05, 0) is 48.0 Å². The van der Waals surface area contributed by atoms with Gasteiger partial charge in [0.1, 0.15) is 35.7 Å². The van der Waals surface area contributed by atoms with Crippen molar-refractivity contribution in [3.8, 4) is 17.2 Å². The van der Waals surface area contributed by atoms with Crippen LogP contribution < -0.4 is 24.4 Å². The average molecular weight is 612 g/mol. The summed E-state index contributed by atoms with van der Waals surface area (Å²) in [6.07, 6.45) is 0. The van der Waals surface area contributed by atoms with Crippen molar-refractivity contribution in [2.45, 2.75) is 12.6 Å². The monoisotopic (exact) mass is 611 g/mol. The number of para-hydroxylation sites is 1. The molecule has 1 N–H and O–H groups in total. The second-order valence-electron chi connectivity index (χ2n) is 10.1. The van der Waals surface area contributed by atoms with Gasteiger partial charge in [0, 0.05) is 18.2 Å². The molecule has 45 heavy (non-hydrogen) atoms. The van der Waals surface area contributed by atoms with Gasteiger partial charge in [0.2, 0.25) is 5.91 Å². The zero-order valence-electron chi connectivity index (χ0n) is 24.8. The predicted octanol–water partition coefficient (Wildman–Crippen LogP) is 4.79. The molecule has 1 aliphatic heterocycles. The molecule has 230 valence electrons. The number of anilines is 2. The van der Waals surface area contributed by atoms with Crippen LogP contribution in [0.1, 0.15) is 27.5 Å². The van der Waals surface area contributed by atoms with Crippen LogP contribution in [0.25, 0.3) is 0 Å². The number of ether oxygens (including phenoxy) is 3. The van der Waals surface area contributed by atoms with Gasteiger partial charge in [-0.3, -0.25) is 24.1 Å². The smallest absolute Gasteiger partial charge is 0.299 e. The van der Waals surface area contributed by atoms with Gasteiger partial charge >= 0.3 is 0 Å². The SMILES string of the molecule is COc1cccc(C(C(=O)Nc2ccc(OC)cc2OC)N(Cc2ccccc2F)C(=O)CN2C(=O)C(=O)c3ccccc32)c1. The maximum Gasteiger partial charge on any atom is 0.299 e. The Balaban J connectivity index is 1.59. The maximum atomic E-state index is 15.0. The number of rotatable bonds is 11. The summed E-state index contributed by atoms with van der Waals surface area (Å²) in [5.41, 5.74) is 1.23. The van der Waals surface area contributed by atoms with Crippen LogP contribution in [0.2, 0.25) is 0 Å². The highest BCUT2D eigenvalue weighted by molar-refractivity contribution is 6.52. The molecule has 0 saturated carbocycles. The number of carbonyl (C=O) groups excluding carboxylic acids is 4. The van der Waals surface area contributed by atoms with Crippen LogP contribution in [-0.4, -0.2) is 56.3 Å². The molecule has 0 bridgehead atoms. The molecule has 0 radical (unpaired) electrons. The summed E-state index contributed by atoms with van der Waals surface area (Å²) in [7, 11) is 4.39. The Kier molecular flexibility index (Phi) is 9.08. The third-order valence-corrected chi connectivity index (χ3v) is 7.43. The van der Waals surface area contributed by atoms with E-state index < -0.39 is 41.9 Å². The Bertz CT molecular complexity index is 1780. The zero-order valence-corrected chi connectivity index (χ0v) is 24.8. The lowest BCUT2D eigenvalue weighted by atomic mass is 10.0. The first-order valence-electron chi connectivity index (χ1n) is 13.9. The Labute approximate surface area is 258 Å². The van der Waals surface area contributed by atoms with E-state index in [1.54, 1.807) is 66.7 Å². The molecule has 10 nitrogen and oxygen atoms in total. The zero-order chi connectivity index (χ0) is 32.1. The molecular formula is C34H30FN3O7. The molecule has 1 heterocycles. The Morgan fingerprint density at radius 2 is 1.56 bits per heavy atom. The van der Waals surface area contributed by atoms with Crippen LogP contribution >= 0.6 is 0 Å². The number of fused-ring (bicyclic) bond motifs is 1. The Morgan fingerprint density at radius 3 is 2.29 bits per heavy atom. The number of hydrogen-bond acceptors (Lipinski definition) is 7. The lowest BCUT2D eigenvalue weighted by Gasteiger charge is -2.33. The fraction of sp³-hybridized carbons (Fsp3) is 0.176. The molecule has 1 aliphatic rings. The second-order valence-corrected chi connectivity index (χ2v) is 10.1. The highest BCUT2D eigenvalue weighted by Gasteiger charge is 2.39. The van der Waals surface area contributed by atoms with Crippen LogP contribution in [0.3, 0.4) is 0 Å². The first-order valence-corrected chi connectivity index (χ1v) is 13.9. The minimum absolute atomic E-state index is 0.137. The van der Waals surface area contributed by atoms with E-state index in [2.05, 4.69) is 5.32 Å². The maximum absolute atomic E-state index is 15.0. The van der Waals surface area contributed by atoms with Gasteiger partial charge in [-0.2, -0.15) is 0 Å². The molecule has 11 heteroatoms. The molecule has 4 aromatic carbocycles. The first kappa shape index (κ1) is 30.7. The van der Waals surface area contributed by atoms with Crippen LogP contribution in [-0.2, 0) is 20.9 Å². The molecule has 0 aliphatic carbocycles. The van der Waals surface area contributed by atoms with Gasteiger partial charge in [0.25, 0.3) is 17.6 Å². The van der Waals surface area contributed by atoms with Gasteiger partial charge in [-0.15, -0.1) is 0 Å². The molecule has 1 unspecified atom stereocenters. The van der Waals surface area contributed by atoms with Gasteiger partial charge in [0.05, 0.1) is 38.3 Å². The molecular weight excluding hydrogens is 581 g/mol. The number of halogens is 1. The minimum atomic E-state index is -1.34. The molecule has 3 amide bonds. The van der Waals surface area contributed by atoms with Crippen molar-refractivity contribution in [1.82, 2.24) is 4.90 Å². The summed E-state index contributed by atoms with van der Waals surface area (Å²) in [4.78, 5) is 56.4. The Hall–Kier alpha value is -5.71. The number of carbonyl (C=O) groups is 4. The summed E-state index contributed by atoms with van der Waals surface area (Å²) in [6.45, 7) is -0.909. The number of ketones is 1. The fourth-order valence-electron chi connectivity index (χ4n) is 5.15. The lowest BCUT2D eigenvalue weighted by molar-refractivity contribution is -0.139. The number of benzene rings is 4. The van der Waals surface area contributed by atoms with Crippen molar-refractivity contribution in [2.75, 3.05) is 38.1 Å². The second kappa shape index (κ2) is 13.3. The number of nitrogens with one attached hydrogen (secondary N) is 1. The third-order valence-electron chi connectivity index (χ3n) is 7.43. The largest absolute Gasteiger partial charge is 0.497 e. The van der Waals surface area contributed by atoms with Crippen molar-refractivity contribution < 1.29 is 37.8 Å². The van der Waals surface area contributed by atoms with E-state index in [9.17, 15) is 19.2 Å². The van der Waals surface area contributed by atoms with E-state index >= 15 is 4.39 Å². The number of Topliss-reactive ketones (excluding diaryl/α,β-unsaturated/α-hetero) is 1. The molecule has 1 atom stereocenters.